The number of nitrogens with zero attached hydrogens (tertiary/aromatic N) is 2. The molecule has 0 aliphatic carbocycles. The van der Waals surface area contributed by atoms with E-state index in [1.807, 2.05) is 0 Å². The molecule has 0 aliphatic heterocycles. The van der Waals surface area contributed by atoms with Crippen molar-refractivity contribution in [2.24, 2.45) is 0 Å². The minimum atomic E-state index is 0.222. The lowest BCUT2D eigenvalue weighted by Gasteiger charge is -1.95. The number of nitrogens with one attached hydrogen (secondary N) is 1. The Kier molecular flexibility index (Phi) is 2.67. The van der Waals surface area contributed by atoms with Gasteiger partial charge in [0.15, 0.2) is 0 Å². The van der Waals surface area contributed by atoms with Crippen LogP contribution in [0.15, 0.2) is 6.33 Å². The smallest absolute Gasteiger partial charge is 0.226 e. The summed E-state index contributed by atoms with van der Waals surface area (Å²) >= 11 is 1.21. The second kappa shape index (κ2) is 3.82. The molecule has 0 aromatic carbocycles. The summed E-state index contributed by atoms with van der Waals surface area (Å²) < 4.78 is 3.74. The Morgan fingerprint density at radius 1 is 1.90 bits per heavy atom. The van der Waals surface area contributed by atoms with Crippen LogP contribution in [0.3, 0.4) is 0 Å². The number of hydrogen-bond donors (Lipinski definition) is 1. The van der Waals surface area contributed by atoms with Crippen LogP contribution >= 0.6 is 11.5 Å². The molecular weight excluding hydrogens is 150 g/mol. The maximum Gasteiger partial charge on any atom is 0.226 e. The van der Waals surface area contributed by atoms with E-state index >= 15 is 0 Å². The lowest BCUT2D eigenvalue weighted by Crippen LogP contribution is -1.99. The van der Waals surface area contributed by atoms with Gasteiger partial charge in [0.05, 0.1) is 0 Å². The second-order valence-corrected chi connectivity index (χ2v) is 2.12. The Balaban J connectivity index is 2.23. The molecule has 10 heavy (non-hydrogen) atoms. The molecule has 0 saturated heterocycles. The summed E-state index contributed by atoms with van der Waals surface area (Å²) in [5, 5.41) is 0.607. The van der Waals surface area contributed by atoms with Crippen molar-refractivity contribution in [3.05, 3.63) is 6.33 Å². The summed E-state index contributed by atoms with van der Waals surface area (Å²) in [6, 6.07) is 0. The predicted molar refractivity (Wildman–Crippen MR) is 38.3 cm³/mol. The van der Waals surface area contributed by atoms with Crippen LogP contribution in [0.2, 0.25) is 0 Å². The molecular formula is C5H5N3OS. The fourth-order valence-electron chi connectivity index (χ4n) is 0.358. The van der Waals surface area contributed by atoms with Crippen molar-refractivity contribution in [1.82, 2.24) is 9.36 Å². The molecule has 0 amide bonds. The maximum absolute atomic E-state index is 4.92. The minimum Gasteiger partial charge on any atom is -0.261 e. The lowest BCUT2D eigenvalue weighted by atomic mass is 10.8. The first-order valence-corrected chi connectivity index (χ1v) is 3.29. The number of hydrogen-bond acceptors (Lipinski definition) is 5. The molecule has 0 unspecified atom stereocenters. The molecule has 0 radical (unpaired) electrons. The topological polar surface area (TPSA) is 47.0 Å². The first-order chi connectivity index (χ1) is 4.93. The number of terminal acetylenes is 1. The van der Waals surface area contributed by atoms with Crippen LogP contribution in [0.5, 0.6) is 0 Å². The molecule has 5 heteroatoms. The van der Waals surface area contributed by atoms with Crippen LogP contribution in [-0.4, -0.2) is 16.0 Å². The quantitative estimate of drug-likeness (QED) is 0.392. The van der Waals surface area contributed by atoms with Crippen molar-refractivity contribution in [2.75, 3.05) is 12.1 Å². The number of rotatable bonds is 3. The third-order valence-corrected chi connectivity index (χ3v) is 1.24. The standard InChI is InChI=1S/C5H5N3OS/c1-2-3-9-8-5-6-4-7-10-5/h1,4H,3H2,(H,6,7,8). The molecule has 0 fully saturated rings. The average Bonchev–Trinajstić information content (AvgIpc) is 2.41. The van der Waals surface area contributed by atoms with Gasteiger partial charge in [0.1, 0.15) is 12.9 Å². The fraction of sp³-hybridized carbons (Fsp3) is 0.200. The van der Waals surface area contributed by atoms with E-state index in [0.29, 0.717) is 5.13 Å². The Labute approximate surface area is 62.4 Å². The molecule has 0 atom stereocenters. The molecule has 0 spiro atoms. The van der Waals surface area contributed by atoms with Crippen LogP contribution in [-0.2, 0) is 4.84 Å². The molecule has 0 bridgehead atoms. The monoisotopic (exact) mass is 155 g/mol. The van der Waals surface area contributed by atoms with Gasteiger partial charge in [-0.15, -0.1) is 6.42 Å². The molecule has 1 rings (SSSR count). The van der Waals surface area contributed by atoms with E-state index in [0.717, 1.165) is 0 Å². The molecule has 1 aromatic heterocycles. The third-order valence-electron chi connectivity index (χ3n) is 0.676. The Bertz CT molecular complexity index is 215. The average molecular weight is 155 g/mol. The highest BCUT2D eigenvalue weighted by molar-refractivity contribution is 7.09. The van der Waals surface area contributed by atoms with E-state index in [4.69, 9.17) is 11.3 Å². The van der Waals surface area contributed by atoms with Gasteiger partial charge in [-0.3, -0.25) is 4.84 Å². The Morgan fingerprint density at radius 3 is 3.40 bits per heavy atom. The summed E-state index contributed by atoms with van der Waals surface area (Å²) in [5.41, 5.74) is 2.53. The Morgan fingerprint density at radius 2 is 2.80 bits per heavy atom. The Hall–Kier alpha value is -1.12. The largest absolute Gasteiger partial charge is 0.261 e. The SMILES string of the molecule is C#CCONc1ncns1. The maximum atomic E-state index is 4.92. The lowest BCUT2D eigenvalue weighted by molar-refractivity contribution is 0.234. The van der Waals surface area contributed by atoms with Gasteiger partial charge in [-0.25, -0.2) is 10.5 Å². The number of anilines is 1. The summed E-state index contributed by atoms with van der Waals surface area (Å²) in [7, 11) is 0. The highest BCUT2D eigenvalue weighted by atomic mass is 32.1. The summed E-state index contributed by atoms with van der Waals surface area (Å²) in [4.78, 5) is 8.54. The summed E-state index contributed by atoms with van der Waals surface area (Å²) in [6.07, 6.45) is 6.36. The van der Waals surface area contributed by atoms with Gasteiger partial charge in [-0.2, -0.15) is 4.37 Å². The van der Waals surface area contributed by atoms with E-state index in [1.54, 1.807) is 0 Å². The first kappa shape index (κ1) is 6.99. The molecule has 0 saturated carbocycles. The normalized spacial score (nSPS) is 8.70. The summed E-state index contributed by atoms with van der Waals surface area (Å²) in [5.74, 6) is 2.30. The van der Waals surface area contributed by atoms with E-state index in [-0.39, 0.29) is 6.61 Å². The van der Waals surface area contributed by atoms with E-state index < -0.39 is 0 Å². The molecule has 52 valence electrons. The fourth-order valence-corrected chi connectivity index (χ4v) is 0.742. The summed E-state index contributed by atoms with van der Waals surface area (Å²) in [6.45, 7) is 0.222. The van der Waals surface area contributed by atoms with Gasteiger partial charge in [-0.05, 0) is 0 Å². The van der Waals surface area contributed by atoms with Crippen molar-refractivity contribution >= 4 is 16.7 Å². The van der Waals surface area contributed by atoms with Crippen LogP contribution in [0.1, 0.15) is 0 Å². The van der Waals surface area contributed by atoms with Crippen molar-refractivity contribution < 1.29 is 4.84 Å². The van der Waals surface area contributed by atoms with Crippen LogP contribution in [0, 0.1) is 12.3 Å². The molecule has 1 N–H and O–H groups in total. The minimum absolute atomic E-state index is 0.222. The van der Waals surface area contributed by atoms with E-state index in [2.05, 4.69) is 20.8 Å². The highest BCUT2D eigenvalue weighted by Gasteiger charge is 1.91. The van der Waals surface area contributed by atoms with E-state index in [9.17, 15) is 0 Å². The van der Waals surface area contributed by atoms with Gasteiger partial charge in [0, 0.05) is 11.5 Å². The van der Waals surface area contributed by atoms with Crippen molar-refractivity contribution in [2.45, 2.75) is 0 Å². The third kappa shape index (κ3) is 2.01. The van der Waals surface area contributed by atoms with Gasteiger partial charge in [-0.1, -0.05) is 5.92 Å². The van der Waals surface area contributed by atoms with Crippen LogP contribution < -0.4 is 5.48 Å². The van der Waals surface area contributed by atoms with Crippen LogP contribution in [0.25, 0.3) is 0 Å². The zero-order valence-electron chi connectivity index (χ0n) is 5.07. The van der Waals surface area contributed by atoms with Crippen molar-refractivity contribution in [3.8, 4) is 12.3 Å². The predicted octanol–water partition coefficient (Wildman–Crippen LogP) is 0.515. The highest BCUT2D eigenvalue weighted by Crippen LogP contribution is 2.05. The van der Waals surface area contributed by atoms with Crippen molar-refractivity contribution in [3.63, 3.8) is 0 Å². The first-order valence-electron chi connectivity index (χ1n) is 2.51. The van der Waals surface area contributed by atoms with E-state index in [1.165, 1.54) is 17.9 Å². The molecule has 0 aliphatic rings. The number of aromatic nitrogens is 2. The van der Waals surface area contributed by atoms with Crippen molar-refractivity contribution in [1.29, 1.82) is 0 Å². The molecule has 4 nitrogen and oxygen atoms in total. The zero-order valence-corrected chi connectivity index (χ0v) is 5.89. The van der Waals surface area contributed by atoms with Gasteiger partial charge >= 0.3 is 0 Å². The zero-order chi connectivity index (χ0) is 7.23. The van der Waals surface area contributed by atoms with Gasteiger partial charge in [0.2, 0.25) is 5.13 Å². The van der Waals surface area contributed by atoms with Crippen LogP contribution in [0.4, 0.5) is 5.13 Å². The molecule has 1 aromatic rings. The van der Waals surface area contributed by atoms with Gasteiger partial charge in [0.25, 0.3) is 0 Å². The second-order valence-electron chi connectivity index (χ2n) is 1.34. The molecule has 1 heterocycles. The van der Waals surface area contributed by atoms with Gasteiger partial charge < -0.3 is 0 Å².